The van der Waals surface area contributed by atoms with Crippen molar-refractivity contribution in [2.45, 2.75) is 12.3 Å². The number of halogens is 4. The van der Waals surface area contributed by atoms with Gasteiger partial charge in [0.25, 0.3) is 5.91 Å². The van der Waals surface area contributed by atoms with Crippen molar-refractivity contribution in [3.63, 3.8) is 0 Å². The minimum atomic E-state index is -3.89. The van der Waals surface area contributed by atoms with Crippen LogP contribution in [-0.2, 0) is 0 Å². The van der Waals surface area contributed by atoms with Crippen LogP contribution in [0.25, 0.3) is 0 Å². The second-order valence-electron chi connectivity index (χ2n) is 5.32. The molecule has 0 aliphatic carbocycles. The molecule has 2 aromatic rings. The molecule has 2 aliphatic heterocycles. The van der Waals surface area contributed by atoms with Crippen molar-refractivity contribution in [2.75, 3.05) is 5.73 Å². The van der Waals surface area contributed by atoms with Crippen LogP contribution in [0.2, 0.25) is 5.02 Å². The number of amides is 1. The third-order valence-electron chi connectivity index (χ3n) is 3.83. The molecule has 1 atom stereocenters. The molecule has 0 bridgehead atoms. The first-order valence-corrected chi connectivity index (χ1v) is 7.12. The number of rotatable bonds is 1. The largest absolute Gasteiger partial charge is 0.586 e. The maximum Gasteiger partial charge on any atom is 0.586 e. The van der Waals surface area contributed by atoms with Crippen LogP contribution < -0.4 is 20.5 Å². The van der Waals surface area contributed by atoms with Crippen LogP contribution in [-0.4, -0.2) is 12.2 Å². The zero-order chi connectivity index (χ0) is 17.2. The molecule has 0 saturated carbocycles. The van der Waals surface area contributed by atoms with E-state index in [0.29, 0.717) is 0 Å². The quantitative estimate of drug-likeness (QED) is 0.769. The highest BCUT2D eigenvalue weighted by Gasteiger charge is 2.49. The summed E-state index contributed by atoms with van der Waals surface area (Å²) in [5.41, 5.74) is 6.19. The minimum absolute atomic E-state index is 0.0220. The van der Waals surface area contributed by atoms with Crippen molar-refractivity contribution in [1.29, 1.82) is 0 Å². The molecule has 124 valence electrons. The molecular formula is C15H8ClF3N2O3. The average molecular weight is 357 g/mol. The summed E-state index contributed by atoms with van der Waals surface area (Å²) >= 11 is 6.07. The van der Waals surface area contributed by atoms with Crippen LogP contribution in [0, 0.1) is 5.82 Å². The Bertz CT molecular complexity index is 904. The van der Waals surface area contributed by atoms with E-state index in [9.17, 15) is 18.0 Å². The molecular weight excluding hydrogens is 349 g/mol. The molecule has 24 heavy (non-hydrogen) atoms. The lowest BCUT2D eigenvalue weighted by Crippen LogP contribution is -2.26. The van der Waals surface area contributed by atoms with E-state index >= 15 is 0 Å². The number of alkyl halides is 2. The Hall–Kier alpha value is -2.61. The van der Waals surface area contributed by atoms with Crippen molar-refractivity contribution in [3.8, 4) is 11.5 Å². The Morgan fingerprint density at radius 3 is 2.75 bits per heavy atom. The molecule has 4 rings (SSSR count). The van der Waals surface area contributed by atoms with Gasteiger partial charge in [0.05, 0.1) is 11.6 Å². The van der Waals surface area contributed by atoms with E-state index < -0.39 is 29.8 Å². The van der Waals surface area contributed by atoms with Crippen molar-refractivity contribution in [2.24, 2.45) is 0 Å². The average Bonchev–Trinajstić information content (AvgIpc) is 2.98. The molecule has 0 saturated heterocycles. The summed E-state index contributed by atoms with van der Waals surface area (Å²) in [5.74, 6) is -2.00. The molecule has 2 aromatic carbocycles. The van der Waals surface area contributed by atoms with Crippen LogP contribution >= 0.6 is 11.6 Å². The maximum absolute atomic E-state index is 13.5. The molecule has 2 heterocycles. The van der Waals surface area contributed by atoms with E-state index in [1.165, 1.54) is 6.07 Å². The Kier molecular flexibility index (Phi) is 2.93. The van der Waals surface area contributed by atoms with Gasteiger partial charge in [-0.3, -0.25) is 4.79 Å². The van der Waals surface area contributed by atoms with Gasteiger partial charge in [0.15, 0.2) is 11.5 Å². The van der Waals surface area contributed by atoms with Gasteiger partial charge in [-0.2, -0.15) is 0 Å². The topological polar surface area (TPSA) is 73.6 Å². The number of nitrogens with one attached hydrogen (secondary N) is 1. The normalized spacial score (nSPS) is 20.0. The maximum atomic E-state index is 13.5. The second kappa shape index (κ2) is 4.70. The highest BCUT2D eigenvalue weighted by atomic mass is 35.5. The number of benzene rings is 2. The van der Waals surface area contributed by atoms with Crippen LogP contribution in [0.3, 0.4) is 0 Å². The van der Waals surface area contributed by atoms with Crippen LogP contribution in [0.15, 0.2) is 24.3 Å². The van der Waals surface area contributed by atoms with Gasteiger partial charge in [-0.05, 0) is 18.2 Å². The Balaban J connectivity index is 1.92. The van der Waals surface area contributed by atoms with E-state index in [1.54, 1.807) is 0 Å². The van der Waals surface area contributed by atoms with E-state index in [-0.39, 0.29) is 33.1 Å². The van der Waals surface area contributed by atoms with Gasteiger partial charge in [0.2, 0.25) is 0 Å². The fraction of sp³-hybridized carbons (Fsp3) is 0.133. The summed E-state index contributed by atoms with van der Waals surface area (Å²) in [5, 5.41) is 2.74. The summed E-state index contributed by atoms with van der Waals surface area (Å²) in [6.45, 7) is 0. The van der Waals surface area contributed by atoms with E-state index in [2.05, 4.69) is 14.8 Å². The number of nitrogens with two attached hydrogens (primary N) is 1. The number of hydrogen-bond donors (Lipinski definition) is 2. The monoisotopic (exact) mass is 356 g/mol. The van der Waals surface area contributed by atoms with E-state index in [1.807, 2.05) is 0 Å². The number of carbonyl (C=O) groups is 1. The zero-order valence-electron chi connectivity index (χ0n) is 11.7. The van der Waals surface area contributed by atoms with Gasteiger partial charge >= 0.3 is 6.29 Å². The Morgan fingerprint density at radius 2 is 2.00 bits per heavy atom. The number of ether oxygens (including phenoxy) is 2. The fourth-order valence-electron chi connectivity index (χ4n) is 2.90. The fourth-order valence-corrected chi connectivity index (χ4v) is 3.13. The van der Waals surface area contributed by atoms with Crippen molar-refractivity contribution < 1.29 is 27.4 Å². The minimum Gasteiger partial charge on any atom is -0.398 e. The zero-order valence-corrected chi connectivity index (χ0v) is 12.5. The van der Waals surface area contributed by atoms with Gasteiger partial charge in [-0.15, -0.1) is 8.78 Å². The molecule has 1 amide bonds. The third-order valence-corrected chi connectivity index (χ3v) is 4.17. The molecule has 0 spiro atoms. The SMILES string of the molecule is Nc1cc2c(c3c1C(c1cc(F)ccc1Cl)NC3=O)OC(F)(F)O2. The molecule has 0 radical (unpaired) electrons. The predicted octanol–water partition coefficient (Wildman–Crippen LogP) is 3.22. The van der Waals surface area contributed by atoms with Gasteiger partial charge in [0.1, 0.15) is 5.82 Å². The molecule has 0 fully saturated rings. The van der Waals surface area contributed by atoms with Gasteiger partial charge < -0.3 is 20.5 Å². The number of anilines is 1. The number of nitrogen functional groups attached to an aromatic ring is 1. The second-order valence-corrected chi connectivity index (χ2v) is 5.73. The molecule has 2 aliphatic rings. The molecule has 5 nitrogen and oxygen atoms in total. The summed E-state index contributed by atoms with van der Waals surface area (Å²) < 4.78 is 48.9. The van der Waals surface area contributed by atoms with Crippen LogP contribution in [0.5, 0.6) is 11.5 Å². The Morgan fingerprint density at radius 1 is 1.25 bits per heavy atom. The lowest BCUT2D eigenvalue weighted by atomic mass is 9.95. The molecule has 9 heteroatoms. The number of carbonyl (C=O) groups excluding carboxylic acids is 1. The van der Waals surface area contributed by atoms with Gasteiger partial charge in [-0.1, -0.05) is 11.6 Å². The molecule has 0 aromatic heterocycles. The first kappa shape index (κ1) is 14.9. The Labute approximate surface area is 138 Å². The molecule has 3 N–H and O–H groups in total. The molecule has 1 unspecified atom stereocenters. The summed E-state index contributed by atoms with van der Waals surface area (Å²) in [7, 11) is 0. The van der Waals surface area contributed by atoms with Crippen molar-refractivity contribution in [3.05, 3.63) is 51.8 Å². The summed E-state index contributed by atoms with van der Waals surface area (Å²) in [6, 6.07) is 3.87. The van der Waals surface area contributed by atoms with Gasteiger partial charge in [0, 0.05) is 27.9 Å². The van der Waals surface area contributed by atoms with Crippen LogP contribution in [0.1, 0.15) is 27.5 Å². The highest BCUT2D eigenvalue weighted by Crippen LogP contribution is 2.51. The smallest absolute Gasteiger partial charge is 0.398 e. The lowest BCUT2D eigenvalue weighted by Gasteiger charge is -2.16. The predicted molar refractivity (Wildman–Crippen MR) is 77.8 cm³/mol. The van der Waals surface area contributed by atoms with Crippen molar-refractivity contribution >= 4 is 23.2 Å². The summed E-state index contributed by atoms with van der Waals surface area (Å²) in [4.78, 5) is 12.3. The van der Waals surface area contributed by atoms with E-state index in [4.69, 9.17) is 17.3 Å². The third kappa shape index (κ3) is 2.06. The van der Waals surface area contributed by atoms with Crippen molar-refractivity contribution in [1.82, 2.24) is 5.32 Å². The standard InChI is InChI=1S/C15H8ClF3N2O3/c16-7-2-1-5(17)3-6(7)12-10-8(20)4-9-13(11(10)14(22)21-12)24-15(18,19)23-9/h1-4,12H,20H2,(H,21,22). The first-order valence-electron chi connectivity index (χ1n) is 6.75. The number of hydrogen-bond acceptors (Lipinski definition) is 4. The summed E-state index contributed by atoms with van der Waals surface area (Å²) in [6.07, 6.45) is -3.89. The lowest BCUT2D eigenvalue weighted by molar-refractivity contribution is -0.286. The van der Waals surface area contributed by atoms with Gasteiger partial charge in [-0.25, -0.2) is 4.39 Å². The van der Waals surface area contributed by atoms with Crippen LogP contribution in [0.4, 0.5) is 18.9 Å². The van der Waals surface area contributed by atoms with E-state index in [0.717, 1.165) is 18.2 Å². The highest BCUT2D eigenvalue weighted by molar-refractivity contribution is 6.31. The first-order chi connectivity index (χ1) is 11.3. The number of fused-ring (bicyclic) bond motifs is 3.